The van der Waals surface area contributed by atoms with Gasteiger partial charge in [0.05, 0.1) is 26.0 Å². The second-order valence-electron chi connectivity index (χ2n) is 9.02. The topological polar surface area (TPSA) is 98.6 Å². The van der Waals surface area contributed by atoms with E-state index in [2.05, 4.69) is 15.6 Å². The molecule has 0 saturated carbocycles. The molecule has 10 heteroatoms. The molecule has 0 unspecified atom stereocenters. The molecule has 1 N–H and O–H groups in total. The minimum Gasteiger partial charge on any atom is -0.497 e. The number of benzene rings is 2. The van der Waals surface area contributed by atoms with Crippen LogP contribution in [-0.2, 0) is 29.2 Å². The van der Waals surface area contributed by atoms with E-state index in [1.807, 2.05) is 24.3 Å². The summed E-state index contributed by atoms with van der Waals surface area (Å²) in [5.41, 5.74) is 2.41. The summed E-state index contributed by atoms with van der Waals surface area (Å²) in [6, 6.07) is 14.1. The summed E-state index contributed by atoms with van der Waals surface area (Å²) in [5, 5.41) is 11.2. The predicted octanol–water partition coefficient (Wildman–Crippen LogP) is 2.87. The van der Waals surface area contributed by atoms with Crippen molar-refractivity contribution in [2.75, 3.05) is 20.2 Å². The van der Waals surface area contributed by atoms with Crippen molar-refractivity contribution in [2.24, 2.45) is 5.92 Å². The van der Waals surface area contributed by atoms with Crippen molar-refractivity contribution in [1.29, 1.82) is 0 Å². The van der Waals surface area contributed by atoms with Crippen LogP contribution in [-0.4, -0.2) is 51.9 Å². The Morgan fingerprint density at radius 3 is 2.61 bits per heavy atom. The first-order valence-electron chi connectivity index (χ1n) is 12.0. The first kappa shape index (κ1) is 23.9. The molecule has 2 aliphatic rings. The third kappa shape index (κ3) is 4.94. The van der Waals surface area contributed by atoms with Gasteiger partial charge in [-0.3, -0.25) is 9.59 Å². The first-order valence-corrected chi connectivity index (χ1v) is 12.0. The molecular formula is C26H28FN5O4. The second kappa shape index (κ2) is 10.4. The third-order valence-corrected chi connectivity index (χ3v) is 6.85. The number of hydrogen-bond donors (Lipinski definition) is 1. The van der Waals surface area contributed by atoms with Crippen LogP contribution in [0.1, 0.15) is 46.3 Å². The van der Waals surface area contributed by atoms with Crippen LogP contribution >= 0.6 is 0 Å². The summed E-state index contributed by atoms with van der Waals surface area (Å²) in [5.74, 6) is -0.106. The van der Waals surface area contributed by atoms with E-state index in [1.165, 1.54) is 6.07 Å². The summed E-state index contributed by atoms with van der Waals surface area (Å²) in [7, 11) is 1.62. The molecule has 188 valence electrons. The lowest BCUT2D eigenvalue weighted by Gasteiger charge is -2.31. The number of fused-ring (bicyclic) bond motifs is 1. The molecule has 36 heavy (non-hydrogen) atoms. The molecule has 2 aliphatic heterocycles. The Balaban J connectivity index is 1.15. The number of halogens is 1. The van der Waals surface area contributed by atoms with E-state index in [0.717, 1.165) is 11.3 Å². The largest absolute Gasteiger partial charge is 0.497 e. The molecule has 5 rings (SSSR count). The number of carbonyl (C=O) groups excluding carboxylic acids is 2. The molecule has 0 spiro atoms. The lowest BCUT2D eigenvalue weighted by atomic mass is 9.95. The molecule has 2 aromatic carbocycles. The maximum Gasteiger partial charge on any atom is 0.276 e. The minimum atomic E-state index is -0.338. The lowest BCUT2D eigenvalue weighted by Crippen LogP contribution is -2.43. The number of ether oxygens (including phenoxy) is 2. The summed E-state index contributed by atoms with van der Waals surface area (Å²) >= 11 is 0. The molecule has 1 aromatic heterocycles. The zero-order chi connectivity index (χ0) is 25.1. The second-order valence-corrected chi connectivity index (χ2v) is 9.02. The number of likely N-dealkylation sites (tertiary alicyclic amines) is 1. The number of nitrogens with one attached hydrogen (secondary N) is 1. The van der Waals surface area contributed by atoms with E-state index >= 15 is 0 Å². The molecule has 0 aliphatic carbocycles. The van der Waals surface area contributed by atoms with Gasteiger partial charge in [0.15, 0.2) is 5.69 Å². The van der Waals surface area contributed by atoms with Gasteiger partial charge in [-0.1, -0.05) is 35.5 Å². The Kier molecular flexibility index (Phi) is 6.95. The van der Waals surface area contributed by atoms with E-state index in [9.17, 15) is 14.0 Å². The van der Waals surface area contributed by atoms with E-state index in [-0.39, 0.29) is 42.8 Å². The molecule has 9 nitrogen and oxygen atoms in total. The summed E-state index contributed by atoms with van der Waals surface area (Å²) < 4.78 is 26.8. The number of rotatable bonds is 6. The van der Waals surface area contributed by atoms with Crippen LogP contribution in [0.4, 0.5) is 4.39 Å². The Bertz CT molecular complexity index is 1240. The summed E-state index contributed by atoms with van der Waals surface area (Å²) in [6.07, 6.45) is 0.884. The Labute approximate surface area is 208 Å². The highest BCUT2D eigenvalue weighted by atomic mass is 19.1. The maximum absolute atomic E-state index is 13.8. The van der Waals surface area contributed by atoms with Crippen LogP contribution < -0.4 is 10.1 Å². The number of methoxy groups -OCH3 is 1. The molecule has 1 atom stereocenters. The van der Waals surface area contributed by atoms with Crippen molar-refractivity contribution in [3.05, 3.63) is 76.9 Å². The number of hydrogen-bond acceptors (Lipinski definition) is 6. The zero-order valence-corrected chi connectivity index (χ0v) is 20.0. The third-order valence-electron chi connectivity index (χ3n) is 6.85. The van der Waals surface area contributed by atoms with Gasteiger partial charge in [0.25, 0.3) is 5.91 Å². The van der Waals surface area contributed by atoms with Crippen LogP contribution in [0.25, 0.3) is 0 Å². The number of amides is 2. The van der Waals surface area contributed by atoms with Gasteiger partial charge in [0.1, 0.15) is 17.7 Å². The molecular weight excluding hydrogens is 465 g/mol. The summed E-state index contributed by atoms with van der Waals surface area (Å²) in [6.45, 7) is 1.73. The minimum absolute atomic E-state index is 0.121. The molecule has 3 aromatic rings. The van der Waals surface area contributed by atoms with Gasteiger partial charge in [-0.25, -0.2) is 9.07 Å². The van der Waals surface area contributed by atoms with Gasteiger partial charge in [0, 0.05) is 31.1 Å². The maximum atomic E-state index is 13.8. The predicted molar refractivity (Wildman–Crippen MR) is 127 cm³/mol. The standard InChI is InChI=1S/C26H28FN5O4/c1-35-20-8-6-17(7-9-20)23-15-32-22(16-36-23)24(29-30-32)26(34)31-12-10-18(11-13-31)25(33)28-14-19-4-2-3-5-21(19)27/h2-9,18,23H,10-16H2,1H3,(H,28,33)/t23-/m1/s1. The molecule has 2 amide bonds. The Morgan fingerprint density at radius 1 is 1.14 bits per heavy atom. The van der Waals surface area contributed by atoms with Crippen LogP contribution in [0.15, 0.2) is 48.5 Å². The first-order chi connectivity index (χ1) is 17.5. The quantitative estimate of drug-likeness (QED) is 0.567. The molecule has 1 saturated heterocycles. The number of piperidine rings is 1. The monoisotopic (exact) mass is 493 g/mol. The number of carbonyl (C=O) groups is 2. The SMILES string of the molecule is COc1ccc([C@H]2Cn3nnc(C(=O)N4CCC(C(=O)NCc5ccccc5F)CC4)c3CO2)cc1. The number of aromatic nitrogens is 3. The fourth-order valence-corrected chi connectivity index (χ4v) is 4.66. The molecule has 1 fully saturated rings. The number of nitrogens with zero attached hydrogens (tertiary/aromatic N) is 4. The van der Waals surface area contributed by atoms with Gasteiger partial charge >= 0.3 is 0 Å². The Hall–Kier alpha value is -3.79. The van der Waals surface area contributed by atoms with Gasteiger partial charge in [-0.15, -0.1) is 5.10 Å². The molecule has 0 radical (unpaired) electrons. The Morgan fingerprint density at radius 2 is 1.89 bits per heavy atom. The van der Waals surface area contributed by atoms with E-state index in [0.29, 0.717) is 49.4 Å². The van der Waals surface area contributed by atoms with Crippen molar-refractivity contribution in [1.82, 2.24) is 25.2 Å². The fraction of sp³-hybridized carbons (Fsp3) is 0.385. The summed E-state index contributed by atoms with van der Waals surface area (Å²) in [4.78, 5) is 27.5. The fourth-order valence-electron chi connectivity index (χ4n) is 4.66. The van der Waals surface area contributed by atoms with Crippen molar-refractivity contribution in [3.8, 4) is 5.75 Å². The highest BCUT2D eigenvalue weighted by molar-refractivity contribution is 5.93. The van der Waals surface area contributed by atoms with Gasteiger partial charge < -0.3 is 19.7 Å². The highest BCUT2D eigenvalue weighted by Gasteiger charge is 2.33. The highest BCUT2D eigenvalue weighted by Crippen LogP contribution is 2.29. The van der Waals surface area contributed by atoms with Crippen molar-refractivity contribution < 1.29 is 23.5 Å². The average Bonchev–Trinajstić information content (AvgIpc) is 3.35. The van der Waals surface area contributed by atoms with Gasteiger partial charge in [-0.2, -0.15) is 0 Å². The molecule has 3 heterocycles. The normalized spacial score (nSPS) is 17.9. The van der Waals surface area contributed by atoms with Crippen molar-refractivity contribution >= 4 is 11.8 Å². The van der Waals surface area contributed by atoms with E-state index < -0.39 is 0 Å². The lowest BCUT2D eigenvalue weighted by molar-refractivity contribution is -0.126. The van der Waals surface area contributed by atoms with E-state index in [1.54, 1.807) is 34.9 Å². The zero-order valence-electron chi connectivity index (χ0n) is 20.0. The van der Waals surface area contributed by atoms with Crippen LogP contribution in [0.3, 0.4) is 0 Å². The van der Waals surface area contributed by atoms with Crippen LogP contribution in [0.5, 0.6) is 5.75 Å². The van der Waals surface area contributed by atoms with Crippen LogP contribution in [0.2, 0.25) is 0 Å². The van der Waals surface area contributed by atoms with Gasteiger partial charge in [0.2, 0.25) is 5.91 Å². The van der Waals surface area contributed by atoms with Gasteiger partial charge in [-0.05, 0) is 36.6 Å². The van der Waals surface area contributed by atoms with E-state index in [4.69, 9.17) is 9.47 Å². The van der Waals surface area contributed by atoms with Crippen molar-refractivity contribution in [2.45, 2.75) is 38.6 Å². The van der Waals surface area contributed by atoms with Crippen LogP contribution in [0, 0.1) is 11.7 Å². The average molecular weight is 494 g/mol. The smallest absolute Gasteiger partial charge is 0.276 e. The van der Waals surface area contributed by atoms with Crippen molar-refractivity contribution in [3.63, 3.8) is 0 Å². The molecule has 0 bridgehead atoms.